The fourth-order valence-electron chi connectivity index (χ4n) is 3.58. The number of hydrogen-bond donors (Lipinski definition) is 2. The molecule has 10 heteroatoms. The van der Waals surface area contributed by atoms with Crippen molar-refractivity contribution in [3.63, 3.8) is 0 Å². The number of carboxylic acids is 1. The molecule has 0 amide bonds. The highest BCUT2D eigenvalue weighted by molar-refractivity contribution is 5.79. The van der Waals surface area contributed by atoms with Gasteiger partial charge in [-0.15, -0.1) is 0 Å². The van der Waals surface area contributed by atoms with Gasteiger partial charge in [-0.1, -0.05) is 33.8 Å². The number of carboxylic acid groups (broad SMARTS) is 1. The highest BCUT2D eigenvalue weighted by Gasteiger charge is 2.37. The number of hydrogen-bond acceptors (Lipinski definition) is 9. The number of carbonyl (C=O) groups excluding carboxylic acids is 3. The maximum atomic E-state index is 12.5. The molecule has 2 atom stereocenters. The summed E-state index contributed by atoms with van der Waals surface area (Å²) in [5.74, 6) is -1.62. The topological polar surface area (TPSA) is 151 Å². The van der Waals surface area contributed by atoms with E-state index in [4.69, 9.17) is 24.7 Å². The maximum Gasteiger partial charge on any atom is 0.509 e. The van der Waals surface area contributed by atoms with Gasteiger partial charge < -0.3 is 29.8 Å². The second-order valence-corrected chi connectivity index (χ2v) is 11.8. The summed E-state index contributed by atoms with van der Waals surface area (Å²) in [6.45, 7) is 14.5. The normalized spacial score (nSPS) is 13.9. The smallest absolute Gasteiger partial charge is 0.480 e. The third-order valence-electron chi connectivity index (χ3n) is 5.59. The molecule has 0 aliphatic heterocycles. The van der Waals surface area contributed by atoms with E-state index < -0.39 is 41.3 Å². The Hall–Kier alpha value is -3.14. The van der Waals surface area contributed by atoms with Gasteiger partial charge in [0.05, 0.1) is 0 Å². The Morgan fingerprint density at radius 2 is 1.38 bits per heavy atom. The van der Waals surface area contributed by atoms with Crippen molar-refractivity contribution in [1.29, 1.82) is 0 Å². The molecule has 0 spiro atoms. The van der Waals surface area contributed by atoms with Crippen molar-refractivity contribution in [2.45, 2.75) is 111 Å². The molecule has 0 saturated carbocycles. The lowest BCUT2D eigenvalue weighted by molar-refractivity contribution is -0.145. The number of carbonyl (C=O) groups is 4. The Balaban J connectivity index is 3.16. The summed E-state index contributed by atoms with van der Waals surface area (Å²) in [5, 5.41) is 9.93. The molecule has 1 unspecified atom stereocenters. The molecule has 3 N–H and O–H groups in total. The van der Waals surface area contributed by atoms with Gasteiger partial charge >= 0.3 is 24.1 Å². The van der Waals surface area contributed by atoms with Crippen LogP contribution in [0.2, 0.25) is 0 Å². The van der Waals surface area contributed by atoms with Crippen molar-refractivity contribution in [3.8, 4) is 11.5 Å². The first-order valence-electron chi connectivity index (χ1n) is 13.4. The molecule has 39 heavy (non-hydrogen) atoms. The highest BCUT2D eigenvalue weighted by Crippen LogP contribution is 2.32. The van der Waals surface area contributed by atoms with Crippen LogP contribution in [0.1, 0.15) is 93.1 Å². The van der Waals surface area contributed by atoms with Gasteiger partial charge in [-0.2, -0.15) is 0 Å². The molecule has 1 aromatic rings. The second-order valence-electron chi connectivity index (χ2n) is 11.8. The van der Waals surface area contributed by atoms with Crippen molar-refractivity contribution in [2.75, 3.05) is 0 Å². The molecular formula is C29H45NO9. The van der Waals surface area contributed by atoms with E-state index in [0.29, 0.717) is 24.3 Å². The van der Waals surface area contributed by atoms with Crippen LogP contribution in [0.3, 0.4) is 0 Å². The monoisotopic (exact) mass is 551 g/mol. The lowest BCUT2D eigenvalue weighted by Crippen LogP contribution is -2.52. The van der Waals surface area contributed by atoms with Crippen LogP contribution < -0.4 is 15.2 Å². The summed E-state index contributed by atoms with van der Waals surface area (Å²) in [4.78, 5) is 49.0. The maximum absolute atomic E-state index is 12.5. The lowest BCUT2D eigenvalue weighted by Gasteiger charge is -2.28. The largest absolute Gasteiger partial charge is 0.509 e. The molecule has 0 radical (unpaired) electrons. The Labute approximate surface area is 231 Å². The van der Waals surface area contributed by atoms with Crippen LogP contribution in [-0.4, -0.2) is 46.4 Å². The zero-order chi connectivity index (χ0) is 30.0. The number of nitrogens with two attached hydrogens (primary N) is 1. The van der Waals surface area contributed by atoms with Crippen LogP contribution >= 0.6 is 0 Å². The number of rotatable bonds is 14. The third kappa shape index (κ3) is 13.5. The van der Waals surface area contributed by atoms with Gasteiger partial charge in [0.1, 0.15) is 17.2 Å². The molecule has 10 nitrogen and oxygen atoms in total. The van der Waals surface area contributed by atoms with E-state index in [2.05, 4.69) is 0 Å². The van der Waals surface area contributed by atoms with E-state index in [0.717, 1.165) is 0 Å². The number of aliphatic carboxylic acids is 1. The summed E-state index contributed by atoms with van der Waals surface area (Å²) >= 11 is 0. The molecule has 220 valence electrons. The third-order valence-corrected chi connectivity index (χ3v) is 5.59. The van der Waals surface area contributed by atoms with Crippen LogP contribution in [0.25, 0.3) is 0 Å². The van der Waals surface area contributed by atoms with E-state index in [1.165, 1.54) is 19.1 Å². The summed E-state index contributed by atoms with van der Waals surface area (Å²) in [6, 6.07) is 4.46. The van der Waals surface area contributed by atoms with Crippen LogP contribution in [0.15, 0.2) is 18.2 Å². The first-order valence-corrected chi connectivity index (χ1v) is 13.4. The first kappa shape index (κ1) is 33.9. The second kappa shape index (κ2) is 14.9. The minimum absolute atomic E-state index is 0.00458. The molecular weight excluding hydrogens is 506 g/mol. The number of benzene rings is 1. The summed E-state index contributed by atoms with van der Waals surface area (Å²) in [5.41, 5.74) is 4.10. The molecule has 0 aromatic heterocycles. The first-order chi connectivity index (χ1) is 17.9. The molecule has 0 fully saturated rings. The van der Waals surface area contributed by atoms with Crippen LogP contribution in [0.5, 0.6) is 11.5 Å². The number of esters is 2. The Kier molecular flexibility index (Phi) is 12.9. The van der Waals surface area contributed by atoms with Crippen LogP contribution in [0, 0.1) is 11.8 Å². The SMILES string of the molecule is CC(C)CCC(=O)Oc1ccc(CC(N)(C[C@H](C)OC(=O)OC(C)(C)C)C(=O)O)cc1OC(=O)CCC(C)C. The molecule has 0 aliphatic carbocycles. The van der Waals surface area contributed by atoms with Gasteiger partial charge in [-0.25, -0.2) is 4.79 Å². The predicted octanol–water partition coefficient (Wildman–Crippen LogP) is 5.42. The van der Waals surface area contributed by atoms with Crippen LogP contribution in [0.4, 0.5) is 4.79 Å². The van der Waals surface area contributed by atoms with Gasteiger partial charge in [-0.05, 0) is 70.1 Å². The van der Waals surface area contributed by atoms with Crippen molar-refractivity contribution in [3.05, 3.63) is 23.8 Å². The minimum Gasteiger partial charge on any atom is -0.480 e. The molecule has 0 bridgehead atoms. The van der Waals surface area contributed by atoms with Crippen LogP contribution in [-0.2, 0) is 30.3 Å². The number of ether oxygens (including phenoxy) is 4. The average Bonchev–Trinajstić information content (AvgIpc) is 2.76. The Bertz CT molecular complexity index is 997. The van der Waals surface area contributed by atoms with Crippen molar-refractivity contribution in [1.82, 2.24) is 0 Å². The van der Waals surface area contributed by atoms with Crippen molar-refractivity contribution < 1.29 is 43.2 Å². The van der Waals surface area contributed by atoms with E-state index in [-0.39, 0.29) is 43.1 Å². The summed E-state index contributed by atoms with van der Waals surface area (Å²) in [7, 11) is 0. The molecule has 1 rings (SSSR count). The van der Waals surface area contributed by atoms with E-state index in [9.17, 15) is 24.3 Å². The van der Waals surface area contributed by atoms with E-state index in [1.54, 1.807) is 26.8 Å². The quantitative estimate of drug-likeness (QED) is 0.226. The fourth-order valence-corrected chi connectivity index (χ4v) is 3.58. The lowest BCUT2D eigenvalue weighted by atomic mass is 9.86. The Morgan fingerprint density at radius 3 is 1.85 bits per heavy atom. The predicted molar refractivity (Wildman–Crippen MR) is 146 cm³/mol. The van der Waals surface area contributed by atoms with Crippen molar-refractivity contribution in [2.24, 2.45) is 17.6 Å². The van der Waals surface area contributed by atoms with Gasteiger partial charge in [-0.3, -0.25) is 14.4 Å². The van der Waals surface area contributed by atoms with E-state index >= 15 is 0 Å². The van der Waals surface area contributed by atoms with Gasteiger partial charge in [0.15, 0.2) is 11.5 Å². The minimum atomic E-state index is -1.82. The summed E-state index contributed by atoms with van der Waals surface area (Å²) < 4.78 is 21.3. The van der Waals surface area contributed by atoms with E-state index in [1.807, 2.05) is 27.7 Å². The zero-order valence-corrected chi connectivity index (χ0v) is 24.5. The van der Waals surface area contributed by atoms with Gasteiger partial charge in [0.2, 0.25) is 0 Å². The standard InChI is InChI=1S/C29H45NO9/c1-18(2)9-13-24(31)37-22-12-11-21(15-23(22)38-25(32)14-10-19(3)4)17-29(30,26(33)34)16-20(5)36-27(35)39-28(6,7)8/h11-12,15,18-20H,9-10,13-14,16-17,30H2,1-8H3,(H,33,34)/t20-,29?/m0/s1. The van der Waals surface area contributed by atoms with Gasteiger partial charge in [0.25, 0.3) is 0 Å². The van der Waals surface area contributed by atoms with Crippen molar-refractivity contribution >= 4 is 24.1 Å². The molecule has 1 aromatic carbocycles. The average molecular weight is 552 g/mol. The molecule has 0 saturated heterocycles. The highest BCUT2D eigenvalue weighted by atomic mass is 16.7. The fraction of sp³-hybridized carbons (Fsp3) is 0.655. The zero-order valence-electron chi connectivity index (χ0n) is 24.5. The van der Waals surface area contributed by atoms with Gasteiger partial charge in [0, 0.05) is 25.7 Å². The Morgan fingerprint density at radius 1 is 0.872 bits per heavy atom. The molecule has 0 aliphatic rings. The molecule has 0 heterocycles. The summed E-state index contributed by atoms with van der Waals surface area (Å²) in [6.07, 6.45) is -0.573.